The molecule has 0 amide bonds. The Labute approximate surface area is 97.8 Å². The van der Waals surface area contributed by atoms with E-state index in [-0.39, 0.29) is 0 Å². The third-order valence-electron chi connectivity index (χ3n) is 2.50. The van der Waals surface area contributed by atoms with Gasteiger partial charge in [-0.1, -0.05) is 15.9 Å². The molecule has 0 aliphatic heterocycles. The van der Waals surface area contributed by atoms with Crippen LogP contribution < -0.4 is 5.32 Å². The van der Waals surface area contributed by atoms with Gasteiger partial charge in [0.25, 0.3) is 0 Å². The molecule has 2 aromatic rings. The number of hydrogen-bond donors (Lipinski definition) is 1. The van der Waals surface area contributed by atoms with Gasteiger partial charge in [-0.2, -0.15) is 0 Å². The van der Waals surface area contributed by atoms with E-state index in [1.54, 1.807) is 0 Å². The Balaban J connectivity index is 2.81. The molecule has 1 aromatic carbocycles. The van der Waals surface area contributed by atoms with Gasteiger partial charge in [-0.05, 0) is 43.2 Å². The van der Waals surface area contributed by atoms with Gasteiger partial charge in [0.15, 0.2) is 0 Å². The number of fused-ring (bicyclic) bond motifs is 1. The van der Waals surface area contributed by atoms with Crippen molar-refractivity contribution < 1.29 is 0 Å². The fraction of sp³-hybridized carbons (Fsp3) is 0.250. The maximum atomic E-state index is 4.60. The summed E-state index contributed by atoms with van der Waals surface area (Å²) in [7, 11) is 1.90. The standard InChI is InChI=1S/C12H13BrN2/c1-7-5-10(13)6-9-4-8(2)12(14-3)15-11(7)9/h4-6H,1-3H3,(H,14,15). The molecule has 78 valence electrons. The number of aryl methyl sites for hydroxylation is 2. The number of nitrogens with one attached hydrogen (secondary N) is 1. The van der Waals surface area contributed by atoms with Gasteiger partial charge in [0.2, 0.25) is 0 Å². The van der Waals surface area contributed by atoms with Gasteiger partial charge in [-0.15, -0.1) is 0 Å². The van der Waals surface area contributed by atoms with Crippen LogP contribution in [-0.2, 0) is 0 Å². The molecule has 0 unspecified atom stereocenters. The molecule has 1 aromatic heterocycles. The number of benzene rings is 1. The number of rotatable bonds is 1. The van der Waals surface area contributed by atoms with Crippen molar-refractivity contribution in [2.45, 2.75) is 13.8 Å². The monoisotopic (exact) mass is 264 g/mol. The fourth-order valence-corrected chi connectivity index (χ4v) is 2.37. The minimum absolute atomic E-state index is 0.952. The average Bonchev–Trinajstić information content (AvgIpc) is 2.16. The first-order valence-corrected chi connectivity index (χ1v) is 5.66. The topological polar surface area (TPSA) is 24.9 Å². The zero-order chi connectivity index (χ0) is 11.0. The van der Waals surface area contributed by atoms with Crippen LogP contribution in [0.1, 0.15) is 11.1 Å². The van der Waals surface area contributed by atoms with E-state index >= 15 is 0 Å². The Morgan fingerprint density at radius 1 is 1.13 bits per heavy atom. The second-order valence-electron chi connectivity index (χ2n) is 3.70. The number of hydrogen-bond acceptors (Lipinski definition) is 2. The molecule has 0 aliphatic rings. The zero-order valence-electron chi connectivity index (χ0n) is 9.06. The largest absolute Gasteiger partial charge is 0.373 e. The molecule has 1 N–H and O–H groups in total. The Bertz CT molecular complexity index is 521. The van der Waals surface area contributed by atoms with Gasteiger partial charge in [-0.3, -0.25) is 0 Å². The van der Waals surface area contributed by atoms with Crippen LogP contribution >= 0.6 is 15.9 Å². The number of halogens is 1. The fourth-order valence-electron chi connectivity index (χ4n) is 1.78. The third kappa shape index (κ3) is 1.84. The van der Waals surface area contributed by atoms with Crippen LogP contribution in [0, 0.1) is 13.8 Å². The Morgan fingerprint density at radius 2 is 1.87 bits per heavy atom. The van der Waals surface area contributed by atoms with Crippen LogP contribution in [0.5, 0.6) is 0 Å². The van der Waals surface area contributed by atoms with Gasteiger partial charge in [0, 0.05) is 16.9 Å². The predicted octanol–water partition coefficient (Wildman–Crippen LogP) is 3.66. The van der Waals surface area contributed by atoms with Gasteiger partial charge in [0.1, 0.15) is 5.82 Å². The number of pyridine rings is 1. The Kier molecular flexibility index (Phi) is 2.65. The van der Waals surface area contributed by atoms with E-state index in [1.165, 1.54) is 16.5 Å². The first-order valence-electron chi connectivity index (χ1n) is 4.87. The summed E-state index contributed by atoms with van der Waals surface area (Å²) in [6, 6.07) is 6.35. The summed E-state index contributed by atoms with van der Waals surface area (Å²) in [5.41, 5.74) is 3.42. The molecular formula is C12H13BrN2. The van der Waals surface area contributed by atoms with Crippen molar-refractivity contribution in [2.75, 3.05) is 12.4 Å². The van der Waals surface area contributed by atoms with E-state index in [2.05, 4.69) is 58.3 Å². The SMILES string of the molecule is CNc1nc2c(C)cc(Br)cc2cc1C. The van der Waals surface area contributed by atoms with Crippen molar-refractivity contribution in [3.8, 4) is 0 Å². The van der Waals surface area contributed by atoms with Crippen molar-refractivity contribution in [1.82, 2.24) is 4.98 Å². The number of nitrogens with zero attached hydrogens (tertiary/aromatic N) is 1. The van der Waals surface area contributed by atoms with Crippen LogP contribution in [0.4, 0.5) is 5.82 Å². The lowest BCUT2D eigenvalue weighted by Crippen LogP contribution is -1.96. The quantitative estimate of drug-likeness (QED) is 0.851. The van der Waals surface area contributed by atoms with Crippen molar-refractivity contribution >= 4 is 32.7 Å². The summed E-state index contributed by atoms with van der Waals surface area (Å²) in [4.78, 5) is 4.60. The smallest absolute Gasteiger partial charge is 0.129 e. The minimum Gasteiger partial charge on any atom is -0.373 e. The highest BCUT2D eigenvalue weighted by molar-refractivity contribution is 9.10. The van der Waals surface area contributed by atoms with Gasteiger partial charge in [0.05, 0.1) is 5.52 Å². The number of anilines is 1. The molecule has 0 radical (unpaired) electrons. The van der Waals surface area contributed by atoms with Crippen molar-refractivity contribution in [3.05, 3.63) is 33.8 Å². The van der Waals surface area contributed by atoms with Gasteiger partial charge in [-0.25, -0.2) is 4.98 Å². The highest BCUT2D eigenvalue weighted by Crippen LogP contribution is 2.25. The van der Waals surface area contributed by atoms with Crippen LogP contribution in [0.3, 0.4) is 0 Å². The highest BCUT2D eigenvalue weighted by Gasteiger charge is 2.05. The molecule has 0 saturated carbocycles. The summed E-state index contributed by atoms with van der Waals surface area (Å²) < 4.78 is 1.10. The second kappa shape index (κ2) is 3.81. The van der Waals surface area contributed by atoms with E-state index in [1.807, 2.05) is 7.05 Å². The molecule has 3 heteroatoms. The third-order valence-corrected chi connectivity index (χ3v) is 2.96. The molecule has 0 saturated heterocycles. The van der Waals surface area contributed by atoms with E-state index in [4.69, 9.17) is 0 Å². The van der Waals surface area contributed by atoms with Gasteiger partial charge < -0.3 is 5.32 Å². The number of aromatic nitrogens is 1. The molecular weight excluding hydrogens is 252 g/mol. The first kappa shape index (κ1) is 10.4. The zero-order valence-corrected chi connectivity index (χ0v) is 10.6. The van der Waals surface area contributed by atoms with Crippen LogP contribution in [0.15, 0.2) is 22.7 Å². The Hall–Kier alpha value is -1.09. The lowest BCUT2D eigenvalue weighted by Gasteiger charge is -2.08. The first-order chi connectivity index (χ1) is 7.11. The lowest BCUT2D eigenvalue weighted by atomic mass is 10.1. The molecule has 2 nitrogen and oxygen atoms in total. The van der Waals surface area contributed by atoms with Crippen LogP contribution in [0.25, 0.3) is 10.9 Å². The second-order valence-corrected chi connectivity index (χ2v) is 4.61. The summed E-state index contributed by atoms with van der Waals surface area (Å²) in [5, 5.41) is 4.29. The van der Waals surface area contributed by atoms with E-state index in [0.29, 0.717) is 0 Å². The highest BCUT2D eigenvalue weighted by atomic mass is 79.9. The van der Waals surface area contributed by atoms with Crippen molar-refractivity contribution in [3.63, 3.8) is 0 Å². The average molecular weight is 265 g/mol. The molecule has 15 heavy (non-hydrogen) atoms. The molecule has 0 spiro atoms. The molecule has 0 atom stereocenters. The minimum atomic E-state index is 0.952. The molecule has 1 heterocycles. The molecule has 0 aliphatic carbocycles. The predicted molar refractivity (Wildman–Crippen MR) is 68.5 cm³/mol. The van der Waals surface area contributed by atoms with Crippen LogP contribution in [-0.4, -0.2) is 12.0 Å². The maximum absolute atomic E-state index is 4.60. The summed E-state index contributed by atoms with van der Waals surface area (Å²) in [6.45, 7) is 4.14. The lowest BCUT2D eigenvalue weighted by molar-refractivity contribution is 1.27. The molecule has 0 bridgehead atoms. The van der Waals surface area contributed by atoms with E-state index in [9.17, 15) is 0 Å². The molecule has 2 rings (SSSR count). The van der Waals surface area contributed by atoms with Crippen molar-refractivity contribution in [1.29, 1.82) is 0 Å². The van der Waals surface area contributed by atoms with E-state index < -0.39 is 0 Å². The summed E-state index contributed by atoms with van der Waals surface area (Å²) in [5.74, 6) is 0.952. The van der Waals surface area contributed by atoms with Crippen molar-refractivity contribution in [2.24, 2.45) is 0 Å². The Morgan fingerprint density at radius 3 is 2.53 bits per heavy atom. The summed E-state index contributed by atoms with van der Waals surface area (Å²) >= 11 is 3.50. The summed E-state index contributed by atoms with van der Waals surface area (Å²) in [6.07, 6.45) is 0. The normalized spacial score (nSPS) is 10.7. The van der Waals surface area contributed by atoms with E-state index in [0.717, 1.165) is 15.8 Å². The maximum Gasteiger partial charge on any atom is 0.129 e. The van der Waals surface area contributed by atoms with Crippen LogP contribution in [0.2, 0.25) is 0 Å². The molecule has 0 fully saturated rings. The van der Waals surface area contributed by atoms with Gasteiger partial charge >= 0.3 is 0 Å².